The van der Waals surface area contributed by atoms with E-state index >= 15 is 8.78 Å². The third-order valence-electron chi connectivity index (χ3n) is 5.33. The van der Waals surface area contributed by atoms with Crippen molar-refractivity contribution in [3.05, 3.63) is 82.4 Å². The minimum Gasteiger partial charge on any atom is -0.204 e. The predicted molar refractivity (Wildman–Crippen MR) is 134 cm³/mol. The van der Waals surface area contributed by atoms with Crippen molar-refractivity contribution in [2.45, 2.75) is 72.0 Å². The van der Waals surface area contributed by atoms with Crippen LogP contribution in [0.4, 0.5) is 8.78 Å². The maximum absolute atomic E-state index is 15.7. The number of halogens is 2. The van der Waals surface area contributed by atoms with E-state index in [0.29, 0.717) is 0 Å². The maximum atomic E-state index is 15.7. The third kappa shape index (κ3) is 5.14. The SMILES string of the molecule is CC(C)(C)c1ccccc1Sc1c(F)c(C#N)c(C#N)c(F)c1Sc1ccccc1C(C)(C)C. The predicted octanol–water partition coefficient (Wildman–Crippen LogP) is 8.61. The molecule has 0 bridgehead atoms. The molecule has 0 saturated carbocycles. The van der Waals surface area contributed by atoms with E-state index in [1.807, 2.05) is 48.5 Å². The van der Waals surface area contributed by atoms with Crippen LogP contribution in [0.2, 0.25) is 0 Å². The molecule has 0 heterocycles. The molecule has 0 fully saturated rings. The van der Waals surface area contributed by atoms with Gasteiger partial charge in [-0.05, 0) is 34.1 Å². The first-order chi connectivity index (χ1) is 15.9. The molecule has 0 saturated heterocycles. The lowest BCUT2D eigenvalue weighted by Gasteiger charge is -2.24. The number of benzene rings is 3. The number of hydrogen-bond acceptors (Lipinski definition) is 4. The highest BCUT2D eigenvalue weighted by Crippen LogP contribution is 2.47. The summed E-state index contributed by atoms with van der Waals surface area (Å²) >= 11 is 2.19. The van der Waals surface area contributed by atoms with Crippen LogP contribution < -0.4 is 0 Å². The first-order valence-electron chi connectivity index (χ1n) is 10.8. The van der Waals surface area contributed by atoms with Crippen LogP contribution in [0.3, 0.4) is 0 Å². The molecule has 0 radical (unpaired) electrons. The second-order valence-electron chi connectivity index (χ2n) is 9.96. The molecule has 3 aromatic rings. The summed E-state index contributed by atoms with van der Waals surface area (Å²) in [6, 6.07) is 18.6. The Bertz CT molecular complexity index is 1220. The van der Waals surface area contributed by atoms with E-state index in [1.165, 1.54) is 0 Å². The Kier molecular flexibility index (Phi) is 7.46. The second kappa shape index (κ2) is 9.82. The van der Waals surface area contributed by atoms with Gasteiger partial charge >= 0.3 is 0 Å². The topological polar surface area (TPSA) is 47.6 Å². The highest BCUT2D eigenvalue weighted by atomic mass is 32.2. The van der Waals surface area contributed by atoms with Gasteiger partial charge in [0, 0.05) is 9.79 Å². The lowest BCUT2D eigenvalue weighted by atomic mass is 9.87. The molecule has 6 heteroatoms. The van der Waals surface area contributed by atoms with E-state index in [2.05, 4.69) is 41.5 Å². The van der Waals surface area contributed by atoms with E-state index in [4.69, 9.17) is 0 Å². The molecule has 0 aromatic heterocycles. The van der Waals surface area contributed by atoms with E-state index in [-0.39, 0.29) is 20.6 Å². The first-order valence-corrected chi connectivity index (χ1v) is 12.4. The lowest BCUT2D eigenvalue weighted by molar-refractivity contribution is 0.543. The molecule has 0 atom stereocenters. The Hall–Kier alpha value is -2.80. The summed E-state index contributed by atoms with van der Waals surface area (Å²) in [5.74, 6) is -1.74. The van der Waals surface area contributed by atoms with Crippen LogP contribution in [0.25, 0.3) is 0 Å². The number of nitrogens with zero attached hydrogens (tertiary/aromatic N) is 2. The van der Waals surface area contributed by atoms with Gasteiger partial charge in [0.1, 0.15) is 23.3 Å². The summed E-state index contributed by atoms with van der Waals surface area (Å²) in [4.78, 5) is 1.57. The van der Waals surface area contributed by atoms with Crippen molar-refractivity contribution in [2.75, 3.05) is 0 Å². The molecule has 0 unspecified atom stereocenters. The van der Waals surface area contributed by atoms with E-state index in [1.54, 1.807) is 12.1 Å². The van der Waals surface area contributed by atoms with Gasteiger partial charge in [-0.15, -0.1) is 0 Å². The van der Waals surface area contributed by atoms with Crippen molar-refractivity contribution in [3.63, 3.8) is 0 Å². The van der Waals surface area contributed by atoms with Crippen LogP contribution in [-0.2, 0) is 10.8 Å². The third-order valence-corrected chi connectivity index (χ3v) is 7.79. The molecular weight excluding hydrogens is 466 g/mol. The van der Waals surface area contributed by atoms with E-state index < -0.39 is 22.8 Å². The molecular formula is C28H26F2N2S2. The quantitative estimate of drug-likeness (QED) is 0.366. The molecule has 34 heavy (non-hydrogen) atoms. The van der Waals surface area contributed by atoms with Gasteiger partial charge < -0.3 is 0 Å². The van der Waals surface area contributed by atoms with Gasteiger partial charge in [0.15, 0.2) is 11.6 Å². The molecule has 0 N–H and O–H groups in total. The summed E-state index contributed by atoms with van der Waals surface area (Å²) in [6.45, 7) is 12.3. The van der Waals surface area contributed by atoms with Gasteiger partial charge in [0.25, 0.3) is 0 Å². The Balaban J connectivity index is 2.30. The molecule has 174 valence electrons. The largest absolute Gasteiger partial charge is 0.204 e. The van der Waals surface area contributed by atoms with Crippen LogP contribution in [0.5, 0.6) is 0 Å². The Morgan fingerprint density at radius 3 is 1.24 bits per heavy atom. The molecule has 3 aromatic carbocycles. The van der Waals surface area contributed by atoms with E-state index in [9.17, 15) is 10.5 Å². The highest BCUT2D eigenvalue weighted by molar-refractivity contribution is 8.02. The molecule has 0 spiro atoms. The fourth-order valence-corrected chi connectivity index (χ4v) is 6.31. The average molecular weight is 493 g/mol. The van der Waals surface area contributed by atoms with Crippen molar-refractivity contribution >= 4 is 23.5 Å². The maximum Gasteiger partial charge on any atom is 0.157 e. The molecule has 0 aliphatic carbocycles. The van der Waals surface area contributed by atoms with Crippen molar-refractivity contribution in [1.82, 2.24) is 0 Å². The Morgan fingerprint density at radius 1 is 0.618 bits per heavy atom. The monoisotopic (exact) mass is 492 g/mol. The first kappa shape index (κ1) is 25.8. The number of nitriles is 2. The minimum absolute atomic E-state index is 0.0125. The smallest absolute Gasteiger partial charge is 0.157 e. The average Bonchev–Trinajstić information content (AvgIpc) is 2.77. The van der Waals surface area contributed by atoms with Crippen molar-refractivity contribution < 1.29 is 8.78 Å². The van der Waals surface area contributed by atoms with Crippen molar-refractivity contribution in [1.29, 1.82) is 10.5 Å². The zero-order chi connectivity index (χ0) is 25.3. The minimum atomic E-state index is -0.870. The Morgan fingerprint density at radius 2 is 0.941 bits per heavy atom. The number of rotatable bonds is 4. The fourth-order valence-electron chi connectivity index (χ4n) is 3.61. The summed E-state index contributed by atoms with van der Waals surface area (Å²) in [6.07, 6.45) is 0. The molecule has 0 aliphatic heterocycles. The summed E-state index contributed by atoms with van der Waals surface area (Å²) in [5, 5.41) is 19.1. The second-order valence-corrected chi connectivity index (χ2v) is 12.1. The van der Waals surface area contributed by atoms with E-state index in [0.717, 1.165) is 44.4 Å². The molecule has 0 amide bonds. The van der Waals surface area contributed by atoms with Crippen LogP contribution in [0.1, 0.15) is 63.8 Å². The summed E-state index contributed by atoms with van der Waals surface area (Å²) in [5.41, 5.74) is 0.376. The zero-order valence-electron chi connectivity index (χ0n) is 20.1. The molecule has 0 aliphatic rings. The van der Waals surface area contributed by atoms with Gasteiger partial charge in [0.2, 0.25) is 0 Å². The van der Waals surface area contributed by atoms with Gasteiger partial charge in [-0.2, -0.15) is 10.5 Å². The Labute approximate surface area is 209 Å². The van der Waals surface area contributed by atoms with Crippen LogP contribution in [-0.4, -0.2) is 0 Å². The van der Waals surface area contributed by atoms with Crippen molar-refractivity contribution in [2.24, 2.45) is 0 Å². The van der Waals surface area contributed by atoms with Gasteiger partial charge in [-0.1, -0.05) is 101 Å². The normalized spacial score (nSPS) is 11.7. The van der Waals surface area contributed by atoms with Gasteiger partial charge in [-0.3, -0.25) is 0 Å². The summed E-state index contributed by atoms with van der Waals surface area (Å²) in [7, 11) is 0. The highest BCUT2D eigenvalue weighted by Gasteiger charge is 2.29. The van der Waals surface area contributed by atoms with Crippen LogP contribution in [0, 0.1) is 34.3 Å². The fraction of sp³-hybridized carbons (Fsp3) is 0.286. The van der Waals surface area contributed by atoms with Crippen LogP contribution >= 0.6 is 23.5 Å². The molecule has 3 rings (SSSR count). The van der Waals surface area contributed by atoms with Crippen molar-refractivity contribution in [3.8, 4) is 12.1 Å². The number of hydrogen-bond donors (Lipinski definition) is 0. The molecule has 2 nitrogen and oxygen atoms in total. The zero-order valence-corrected chi connectivity index (χ0v) is 21.7. The summed E-state index contributed by atoms with van der Waals surface area (Å²) < 4.78 is 31.5. The van der Waals surface area contributed by atoms with Gasteiger partial charge in [-0.25, -0.2) is 8.78 Å². The van der Waals surface area contributed by atoms with Crippen LogP contribution in [0.15, 0.2) is 68.1 Å². The lowest BCUT2D eigenvalue weighted by Crippen LogP contribution is -2.13. The van der Waals surface area contributed by atoms with Gasteiger partial charge in [0.05, 0.1) is 9.79 Å². The standard InChI is InChI=1S/C28H26F2N2S2/c1-27(2,3)19-11-7-9-13-21(19)33-25-23(29)17(15-31)18(16-32)24(30)26(25)34-22-14-10-8-12-20(22)28(4,5)6/h7-14H,1-6H3.